The third kappa shape index (κ3) is 3.15. The summed E-state index contributed by atoms with van der Waals surface area (Å²) in [6.45, 7) is 12.5. The molecule has 0 aromatic carbocycles. The number of hydrogen-bond acceptors (Lipinski definition) is 4. The van der Waals surface area contributed by atoms with Crippen LogP contribution in [0.1, 0.15) is 73.7 Å². The maximum Gasteiger partial charge on any atom is 0.272 e. The van der Waals surface area contributed by atoms with E-state index in [1.165, 1.54) is 5.69 Å². The Morgan fingerprint density at radius 3 is 2.82 bits per heavy atom. The van der Waals surface area contributed by atoms with E-state index < -0.39 is 0 Å². The zero-order valence-corrected chi connectivity index (χ0v) is 17.8. The number of fused-ring (bicyclic) bond motifs is 2. The Labute approximate surface area is 166 Å². The Kier molecular flexibility index (Phi) is 4.61. The minimum atomic E-state index is -0.0800. The molecule has 2 aromatic rings. The molecule has 2 aromatic heterocycles. The maximum atomic E-state index is 13.8. The first kappa shape index (κ1) is 19.2. The van der Waals surface area contributed by atoms with Crippen LogP contribution in [0, 0.1) is 5.41 Å². The Balaban J connectivity index is 1.75. The Morgan fingerprint density at radius 1 is 1.36 bits per heavy atom. The van der Waals surface area contributed by atoms with Crippen LogP contribution < -0.4 is 0 Å². The normalized spacial score (nSPS) is 23.9. The van der Waals surface area contributed by atoms with Crippen LogP contribution in [0.3, 0.4) is 0 Å². The van der Waals surface area contributed by atoms with Crippen molar-refractivity contribution in [2.45, 2.75) is 72.8 Å². The second kappa shape index (κ2) is 6.72. The summed E-state index contributed by atoms with van der Waals surface area (Å²) in [7, 11) is 1.98. The first-order chi connectivity index (χ1) is 13.2. The van der Waals surface area contributed by atoms with Gasteiger partial charge in [0.1, 0.15) is 5.69 Å². The number of ether oxygens (including phenoxy) is 1. The SMILES string of the molecule is CCn1nc2c(c1C(=O)N1Cc3cnn(C)c3CC(C)(C)C1)C[C@H](C)O[C@@H]2C. The summed E-state index contributed by atoms with van der Waals surface area (Å²) in [4.78, 5) is 15.8. The molecule has 0 fully saturated rings. The van der Waals surface area contributed by atoms with Crippen LogP contribution in [0.2, 0.25) is 0 Å². The summed E-state index contributed by atoms with van der Waals surface area (Å²) in [6, 6.07) is 0. The lowest BCUT2D eigenvalue weighted by Gasteiger charge is -2.30. The van der Waals surface area contributed by atoms with Crippen LogP contribution in [0.25, 0.3) is 0 Å². The molecule has 7 heteroatoms. The van der Waals surface area contributed by atoms with Crippen LogP contribution >= 0.6 is 0 Å². The van der Waals surface area contributed by atoms with Gasteiger partial charge >= 0.3 is 0 Å². The topological polar surface area (TPSA) is 65.2 Å². The van der Waals surface area contributed by atoms with Crippen molar-refractivity contribution in [1.82, 2.24) is 24.5 Å². The second-order valence-corrected chi connectivity index (χ2v) is 9.06. The monoisotopic (exact) mass is 385 g/mol. The standard InChI is InChI=1S/C21H31N5O2/c1-7-26-19(16-8-13(2)28-14(3)18(16)23-26)20(27)25-11-15-10-22-24(6)17(15)9-21(4,5)12-25/h10,13-14H,7-9,11-12H2,1-6H3/t13-,14+/m0/s1. The third-order valence-electron chi connectivity index (χ3n) is 5.96. The molecule has 0 saturated heterocycles. The molecule has 0 unspecified atom stereocenters. The molecule has 2 atom stereocenters. The predicted molar refractivity (Wildman–Crippen MR) is 106 cm³/mol. The van der Waals surface area contributed by atoms with E-state index in [1.807, 2.05) is 41.4 Å². The zero-order chi connectivity index (χ0) is 20.2. The van der Waals surface area contributed by atoms with Gasteiger partial charge in [-0.05, 0) is 32.6 Å². The average Bonchev–Trinajstić information content (AvgIpc) is 3.10. The highest BCUT2D eigenvalue weighted by molar-refractivity contribution is 5.94. The van der Waals surface area contributed by atoms with E-state index in [-0.39, 0.29) is 23.5 Å². The first-order valence-corrected chi connectivity index (χ1v) is 10.2. The van der Waals surface area contributed by atoms with E-state index in [1.54, 1.807) is 0 Å². The molecule has 28 heavy (non-hydrogen) atoms. The van der Waals surface area contributed by atoms with Gasteiger partial charge in [-0.25, -0.2) is 0 Å². The fourth-order valence-electron chi connectivity index (χ4n) is 4.71. The minimum Gasteiger partial charge on any atom is -0.369 e. The van der Waals surface area contributed by atoms with Crippen LogP contribution in [0.15, 0.2) is 6.20 Å². The molecule has 2 aliphatic heterocycles. The number of aromatic nitrogens is 4. The van der Waals surface area contributed by atoms with Gasteiger partial charge in [-0.15, -0.1) is 0 Å². The smallest absolute Gasteiger partial charge is 0.272 e. The molecule has 0 radical (unpaired) electrons. The van der Waals surface area contributed by atoms with E-state index in [0.717, 1.165) is 35.4 Å². The number of aryl methyl sites for hydroxylation is 2. The van der Waals surface area contributed by atoms with E-state index in [0.29, 0.717) is 19.6 Å². The summed E-state index contributed by atoms with van der Waals surface area (Å²) in [6.07, 6.45) is 3.56. The third-order valence-corrected chi connectivity index (χ3v) is 5.96. The Morgan fingerprint density at radius 2 is 2.11 bits per heavy atom. The molecule has 0 saturated carbocycles. The predicted octanol–water partition coefficient (Wildman–Crippen LogP) is 2.88. The fraction of sp³-hybridized carbons (Fsp3) is 0.667. The van der Waals surface area contributed by atoms with Gasteiger partial charge in [-0.2, -0.15) is 10.2 Å². The van der Waals surface area contributed by atoms with Crippen molar-refractivity contribution in [3.8, 4) is 0 Å². The number of carbonyl (C=O) groups is 1. The van der Waals surface area contributed by atoms with E-state index in [4.69, 9.17) is 9.84 Å². The van der Waals surface area contributed by atoms with Gasteiger partial charge in [0.25, 0.3) is 5.91 Å². The van der Waals surface area contributed by atoms with Crippen LogP contribution in [0.4, 0.5) is 0 Å². The molecule has 0 bridgehead atoms. The molecule has 152 valence electrons. The van der Waals surface area contributed by atoms with Crippen molar-refractivity contribution in [3.05, 3.63) is 34.4 Å². The number of carbonyl (C=O) groups excluding carboxylic acids is 1. The zero-order valence-electron chi connectivity index (χ0n) is 17.8. The van der Waals surface area contributed by atoms with E-state index in [9.17, 15) is 4.79 Å². The van der Waals surface area contributed by atoms with Gasteiger partial charge < -0.3 is 9.64 Å². The van der Waals surface area contributed by atoms with Crippen molar-refractivity contribution < 1.29 is 9.53 Å². The molecule has 7 nitrogen and oxygen atoms in total. The summed E-state index contributed by atoms with van der Waals surface area (Å²) >= 11 is 0. The number of nitrogens with zero attached hydrogens (tertiary/aromatic N) is 5. The lowest BCUT2D eigenvalue weighted by atomic mass is 9.87. The van der Waals surface area contributed by atoms with Gasteiger partial charge in [0, 0.05) is 49.9 Å². The number of rotatable bonds is 2. The molecule has 0 N–H and O–H groups in total. The highest BCUT2D eigenvalue weighted by Gasteiger charge is 2.37. The Hall–Kier alpha value is -2.15. The summed E-state index contributed by atoms with van der Waals surface area (Å²) in [5.41, 5.74) is 5.06. The van der Waals surface area contributed by atoms with Crippen LogP contribution in [-0.2, 0) is 37.7 Å². The minimum absolute atomic E-state index is 0.0183. The lowest BCUT2D eigenvalue weighted by molar-refractivity contribution is -0.00718. The maximum absolute atomic E-state index is 13.8. The highest BCUT2D eigenvalue weighted by Crippen LogP contribution is 2.34. The molecule has 2 aliphatic rings. The van der Waals surface area contributed by atoms with Gasteiger partial charge in [0.15, 0.2) is 0 Å². The van der Waals surface area contributed by atoms with Crippen molar-refractivity contribution in [2.75, 3.05) is 6.54 Å². The van der Waals surface area contributed by atoms with Gasteiger partial charge in [0.2, 0.25) is 0 Å². The largest absolute Gasteiger partial charge is 0.369 e. The summed E-state index contributed by atoms with van der Waals surface area (Å²) in [5, 5.41) is 9.17. The fourth-order valence-corrected chi connectivity index (χ4v) is 4.71. The second-order valence-electron chi connectivity index (χ2n) is 9.06. The average molecular weight is 386 g/mol. The molecular weight excluding hydrogens is 354 g/mol. The summed E-state index contributed by atoms with van der Waals surface area (Å²) in [5.74, 6) is 0.0710. The van der Waals surface area contributed by atoms with Crippen molar-refractivity contribution in [2.24, 2.45) is 12.5 Å². The number of hydrogen-bond donors (Lipinski definition) is 0. The van der Waals surface area contributed by atoms with Crippen molar-refractivity contribution in [1.29, 1.82) is 0 Å². The molecule has 0 aliphatic carbocycles. The lowest BCUT2D eigenvalue weighted by Crippen LogP contribution is -2.39. The van der Waals surface area contributed by atoms with E-state index in [2.05, 4.69) is 25.9 Å². The number of amides is 1. The molecule has 0 spiro atoms. The molecule has 1 amide bonds. The van der Waals surface area contributed by atoms with Crippen LogP contribution in [0.5, 0.6) is 0 Å². The highest BCUT2D eigenvalue weighted by atomic mass is 16.5. The van der Waals surface area contributed by atoms with Crippen molar-refractivity contribution >= 4 is 5.91 Å². The van der Waals surface area contributed by atoms with Crippen molar-refractivity contribution in [3.63, 3.8) is 0 Å². The summed E-state index contributed by atoms with van der Waals surface area (Å²) < 4.78 is 9.76. The quantitative estimate of drug-likeness (QED) is 0.797. The molecule has 4 heterocycles. The van der Waals surface area contributed by atoms with Gasteiger partial charge in [-0.1, -0.05) is 13.8 Å². The Bertz CT molecular complexity index is 910. The van der Waals surface area contributed by atoms with E-state index >= 15 is 0 Å². The van der Waals surface area contributed by atoms with Crippen LogP contribution in [-0.4, -0.2) is 43.0 Å². The molecular formula is C21H31N5O2. The first-order valence-electron chi connectivity index (χ1n) is 10.2. The molecule has 4 rings (SSSR count). The van der Waals surface area contributed by atoms with Gasteiger partial charge in [-0.3, -0.25) is 14.2 Å². The van der Waals surface area contributed by atoms with Gasteiger partial charge in [0.05, 0.1) is 24.1 Å².